The van der Waals surface area contributed by atoms with Crippen LogP contribution in [0.15, 0.2) is 41.5 Å². The molecule has 0 radical (unpaired) electrons. The monoisotopic (exact) mass is 327 g/mol. The molecule has 7 nitrogen and oxygen atoms in total. The first-order valence-corrected chi connectivity index (χ1v) is 7.55. The number of carbonyl (C=O) groups excluding carboxylic acids is 1. The largest absolute Gasteiger partial charge is 0.483 e. The van der Waals surface area contributed by atoms with Gasteiger partial charge in [0.05, 0.1) is 17.9 Å². The Morgan fingerprint density at radius 1 is 1.33 bits per heavy atom. The van der Waals surface area contributed by atoms with Gasteiger partial charge in [0, 0.05) is 18.5 Å². The van der Waals surface area contributed by atoms with Crippen molar-refractivity contribution in [2.45, 2.75) is 26.4 Å². The first kappa shape index (κ1) is 15.9. The highest BCUT2D eigenvalue weighted by Gasteiger charge is 2.28. The molecule has 2 aromatic heterocycles. The van der Waals surface area contributed by atoms with Gasteiger partial charge in [-0.05, 0) is 39.0 Å². The average molecular weight is 327 g/mol. The van der Waals surface area contributed by atoms with Crippen molar-refractivity contribution in [3.63, 3.8) is 0 Å². The standard InChI is InChI=1S/C17H17N3O4/c1-4-23-16(22)12-5-6-15(21)20(19-12)13-9-17(2,3)24-14-7-8-18-10-11(13)14/h5-10H,4H2,1-3H3. The third kappa shape index (κ3) is 2.92. The van der Waals surface area contributed by atoms with E-state index >= 15 is 0 Å². The number of nitrogens with zero attached hydrogens (tertiary/aromatic N) is 3. The van der Waals surface area contributed by atoms with Gasteiger partial charge in [0.1, 0.15) is 11.4 Å². The molecular formula is C17H17N3O4. The highest BCUT2D eigenvalue weighted by molar-refractivity contribution is 5.87. The van der Waals surface area contributed by atoms with Crippen molar-refractivity contribution >= 4 is 11.7 Å². The lowest BCUT2D eigenvalue weighted by Crippen LogP contribution is -2.33. The number of hydrogen-bond donors (Lipinski definition) is 0. The zero-order chi connectivity index (χ0) is 17.3. The van der Waals surface area contributed by atoms with E-state index in [-0.39, 0.29) is 17.9 Å². The van der Waals surface area contributed by atoms with Crippen molar-refractivity contribution in [3.05, 3.63) is 58.3 Å². The third-order valence-electron chi connectivity index (χ3n) is 3.43. The quantitative estimate of drug-likeness (QED) is 0.800. The van der Waals surface area contributed by atoms with Gasteiger partial charge < -0.3 is 9.47 Å². The second kappa shape index (κ2) is 5.92. The van der Waals surface area contributed by atoms with Crippen molar-refractivity contribution in [2.75, 3.05) is 6.61 Å². The summed E-state index contributed by atoms with van der Waals surface area (Å²) in [6.07, 6.45) is 4.99. The minimum atomic E-state index is -0.634. The molecule has 7 heteroatoms. The van der Waals surface area contributed by atoms with E-state index in [2.05, 4.69) is 10.1 Å². The number of ether oxygens (including phenoxy) is 2. The lowest BCUT2D eigenvalue weighted by Gasteiger charge is -2.30. The van der Waals surface area contributed by atoms with Crippen molar-refractivity contribution in [1.82, 2.24) is 14.8 Å². The van der Waals surface area contributed by atoms with E-state index in [0.29, 0.717) is 17.0 Å². The van der Waals surface area contributed by atoms with Gasteiger partial charge in [-0.1, -0.05) is 0 Å². The fraction of sp³-hybridized carbons (Fsp3) is 0.294. The van der Waals surface area contributed by atoms with Crippen molar-refractivity contribution < 1.29 is 14.3 Å². The molecule has 0 N–H and O–H groups in total. The number of pyridine rings is 1. The normalized spacial score (nSPS) is 15.0. The fourth-order valence-electron chi connectivity index (χ4n) is 2.46. The van der Waals surface area contributed by atoms with Gasteiger partial charge in [0.15, 0.2) is 5.69 Å². The molecule has 0 saturated carbocycles. The van der Waals surface area contributed by atoms with E-state index in [1.807, 2.05) is 13.8 Å². The smallest absolute Gasteiger partial charge is 0.358 e. The van der Waals surface area contributed by atoms with E-state index in [1.165, 1.54) is 16.8 Å². The van der Waals surface area contributed by atoms with E-state index in [1.54, 1.807) is 31.5 Å². The van der Waals surface area contributed by atoms with Gasteiger partial charge in [-0.2, -0.15) is 9.78 Å². The number of hydrogen-bond acceptors (Lipinski definition) is 6. The Morgan fingerprint density at radius 3 is 2.88 bits per heavy atom. The molecule has 124 valence electrons. The van der Waals surface area contributed by atoms with Crippen LogP contribution in [0.1, 0.15) is 36.8 Å². The maximum atomic E-state index is 12.3. The molecule has 3 rings (SSSR count). The number of rotatable bonds is 3. The third-order valence-corrected chi connectivity index (χ3v) is 3.43. The maximum absolute atomic E-state index is 12.3. The molecular weight excluding hydrogens is 310 g/mol. The molecule has 0 bridgehead atoms. The summed E-state index contributed by atoms with van der Waals surface area (Å²) >= 11 is 0. The molecule has 3 heterocycles. The van der Waals surface area contributed by atoms with E-state index in [0.717, 1.165) is 0 Å². The molecule has 0 amide bonds. The summed E-state index contributed by atoms with van der Waals surface area (Å²) in [5, 5.41) is 4.16. The molecule has 2 aromatic rings. The SMILES string of the molecule is CCOC(=O)c1ccc(=O)n(C2=CC(C)(C)Oc3ccncc32)n1. The second-order valence-corrected chi connectivity index (χ2v) is 5.80. The first-order valence-electron chi connectivity index (χ1n) is 7.55. The van der Waals surface area contributed by atoms with Crippen molar-refractivity contribution in [2.24, 2.45) is 0 Å². The van der Waals surface area contributed by atoms with Crippen LogP contribution in [0.5, 0.6) is 5.75 Å². The van der Waals surface area contributed by atoms with Gasteiger partial charge in [-0.3, -0.25) is 9.78 Å². The van der Waals surface area contributed by atoms with Crippen LogP contribution in [0.3, 0.4) is 0 Å². The average Bonchev–Trinajstić information content (AvgIpc) is 2.54. The highest BCUT2D eigenvalue weighted by atomic mass is 16.5. The van der Waals surface area contributed by atoms with E-state index in [9.17, 15) is 9.59 Å². The van der Waals surface area contributed by atoms with Gasteiger partial charge >= 0.3 is 5.97 Å². The molecule has 24 heavy (non-hydrogen) atoms. The van der Waals surface area contributed by atoms with Crippen LogP contribution in [0.2, 0.25) is 0 Å². The van der Waals surface area contributed by atoms with Gasteiger partial charge in [0.2, 0.25) is 0 Å². The molecule has 1 aliphatic rings. The zero-order valence-corrected chi connectivity index (χ0v) is 13.6. The number of esters is 1. The van der Waals surface area contributed by atoms with E-state index < -0.39 is 11.6 Å². The van der Waals surface area contributed by atoms with Crippen LogP contribution >= 0.6 is 0 Å². The molecule has 0 aliphatic carbocycles. The summed E-state index contributed by atoms with van der Waals surface area (Å²) in [7, 11) is 0. The zero-order valence-electron chi connectivity index (χ0n) is 13.6. The van der Waals surface area contributed by atoms with E-state index in [4.69, 9.17) is 9.47 Å². The number of aromatic nitrogens is 3. The molecule has 0 spiro atoms. The Hall–Kier alpha value is -2.96. The molecule has 0 unspecified atom stereocenters. The van der Waals surface area contributed by atoms with Crippen molar-refractivity contribution in [3.8, 4) is 5.75 Å². The van der Waals surface area contributed by atoms with Crippen LogP contribution in [0, 0.1) is 0 Å². The summed E-state index contributed by atoms with van der Waals surface area (Å²) in [4.78, 5) is 28.3. The minimum Gasteiger partial charge on any atom is -0.483 e. The predicted octanol–water partition coefficient (Wildman–Crippen LogP) is 1.88. The first-order chi connectivity index (χ1) is 11.4. The molecule has 1 aliphatic heterocycles. The van der Waals surface area contributed by atoms with Crippen LogP contribution in [0.4, 0.5) is 0 Å². The summed E-state index contributed by atoms with van der Waals surface area (Å²) in [6.45, 7) is 5.68. The lowest BCUT2D eigenvalue weighted by molar-refractivity contribution is 0.0517. The van der Waals surface area contributed by atoms with Gasteiger partial charge in [-0.25, -0.2) is 4.79 Å². The molecule has 0 fully saturated rings. The summed E-state index contributed by atoms with van der Waals surface area (Å²) in [5.41, 5.74) is 0.219. The topological polar surface area (TPSA) is 83.3 Å². The summed E-state index contributed by atoms with van der Waals surface area (Å²) in [5.74, 6) is 0.0207. The van der Waals surface area contributed by atoms with Gasteiger partial charge in [0.25, 0.3) is 5.56 Å². The summed E-state index contributed by atoms with van der Waals surface area (Å²) < 4.78 is 12.0. The second-order valence-electron chi connectivity index (χ2n) is 5.80. The van der Waals surface area contributed by atoms with Crippen LogP contribution in [0.25, 0.3) is 5.70 Å². The maximum Gasteiger partial charge on any atom is 0.358 e. The van der Waals surface area contributed by atoms with Crippen LogP contribution < -0.4 is 10.3 Å². The fourth-order valence-corrected chi connectivity index (χ4v) is 2.46. The Labute approximate surface area is 138 Å². The Kier molecular flexibility index (Phi) is 3.92. The number of carbonyl (C=O) groups is 1. The Bertz CT molecular complexity index is 883. The molecule has 0 atom stereocenters. The lowest BCUT2D eigenvalue weighted by atomic mass is 10.0. The summed E-state index contributed by atoms with van der Waals surface area (Å²) in [6, 6.07) is 4.37. The Balaban J connectivity index is 2.17. The van der Waals surface area contributed by atoms with Crippen LogP contribution in [-0.4, -0.2) is 32.9 Å². The van der Waals surface area contributed by atoms with Gasteiger partial charge in [-0.15, -0.1) is 0 Å². The minimum absolute atomic E-state index is 0.0621. The highest BCUT2D eigenvalue weighted by Crippen LogP contribution is 2.35. The van der Waals surface area contributed by atoms with Crippen molar-refractivity contribution in [1.29, 1.82) is 0 Å². The van der Waals surface area contributed by atoms with Crippen LogP contribution in [-0.2, 0) is 4.74 Å². The predicted molar refractivity (Wildman–Crippen MR) is 86.8 cm³/mol. The molecule has 0 aromatic carbocycles. The number of fused-ring (bicyclic) bond motifs is 1. The molecule has 0 saturated heterocycles. The Morgan fingerprint density at radius 2 is 2.12 bits per heavy atom.